The van der Waals surface area contributed by atoms with Gasteiger partial charge in [0.25, 0.3) is 0 Å². The quantitative estimate of drug-likeness (QED) is 0.884. The van der Waals surface area contributed by atoms with E-state index in [1.54, 1.807) is 0 Å². The highest BCUT2D eigenvalue weighted by Crippen LogP contribution is 2.63. The summed E-state index contributed by atoms with van der Waals surface area (Å²) in [5, 5.41) is 3.95. The number of hydrogen-bond donors (Lipinski definition) is 1. The number of nitrogens with zero attached hydrogens (tertiary/aromatic N) is 1. The minimum atomic E-state index is 0.401. The molecule has 0 saturated heterocycles. The molecule has 1 aromatic rings. The van der Waals surface area contributed by atoms with Gasteiger partial charge in [-0.2, -0.15) is 0 Å². The summed E-state index contributed by atoms with van der Waals surface area (Å²) in [5.74, 6) is 0.890. The van der Waals surface area contributed by atoms with E-state index in [4.69, 9.17) is 0 Å². The molecule has 2 fully saturated rings. The van der Waals surface area contributed by atoms with Crippen LogP contribution in [0.4, 0.5) is 5.69 Å². The molecular weight excluding hydrogens is 256 g/mol. The summed E-state index contributed by atoms with van der Waals surface area (Å²) in [5.41, 5.74) is 3.61. The molecule has 2 saturated carbocycles. The van der Waals surface area contributed by atoms with Gasteiger partial charge in [0.05, 0.1) is 0 Å². The summed E-state index contributed by atoms with van der Waals surface area (Å²) in [6, 6.07) is 9.41. The van der Waals surface area contributed by atoms with Crippen LogP contribution in [-0.2, 0) is 6.54 Å². The minimum Gasteiger partial charge on any atom is -0.381 e. The lowest BCUT2D eigenvalue weighted by molar-refractivity contribution is 0.155. The molecule has 0 spiro atoms. The van der Waals surface area contributed by atoms with Crippen LogP contribution in [0.25, 0.3) is 0 Å². The van der Waals surface area contributed by atoms with Crippen LogP contribution in [0.5, 0.6) is 0 Å². The van der Waals surface area contributed by atoms with Crippen LogP contribution in [0.1, 0.15) is 45.6 Å². The Kier molecular flexibility index (Phi) is 3.56. The van der Waals surface area contributed by atoms with E-state index in [-0.39, 0.29) is 0 Å². The molecule has 1 aromatic carbocycles. The van der Waals surface area contributed by atoms with E-state index in [9.17, 15) is 0 Å². The molecule has 2 heteroatoms. The molecule has 3 rings (SSSR count). The van der Waals surface area contributed by atoms with Gasteiger partial charge >= 0.3 is 0 Å². The van der Waals surface area contributed by atoms with Gasteiger partial charge in [0.1, 0.15) is 0 Å². The first-order chi connectivity index (χ1) is 9.83. The zero-order valence-electron chi connectivity index (χ0n) is 14.2. The van der Waals surface area contributed by atoms with E-state index in [1.807, 2.05) is 0 Å². The third kappa shape index (κ3) is 2.48. The van der Waals surface area contributed by atoms with Crippen molar-refractivity contribution in [3.8, 4) is 0 Å². The second-order valence-corrected chi connectivity index (χ2v) is 8.39. The van der Waals surface area contributed by atoms with Crippen LogP contribution in [0, 0.1) is 16.7 Å². The Bertz CT molecular complexity index is 515. The van der Waals surface area contributed by atoms with Crippen molar-refractivity contribution >= 4 is 5.69 Å². The van der Waals surface area contributed by atoms with Gasteiger partial charge in [-0.3, -0.25) is 0 Å². The number of anilines is 1. The highest BCUT2D eigenvalue weighted by molar-refractivity contribution is 5.53. The Hall–Kier alpha value is -1.02. The van der Waals surface area contributed by atoms with Gasteiger partial charge < -0.3 is 10.2 Å². The molecule has 21 heavy (non-hydrogen) atoms. The van der Waals surface area contributed by atoms with Crippen LogP contribution in [0.15, 0.2) is 24.3 Å². The van der Waals surface area contributed by atoms with Gasteiger partial charge in [-0.15, -0.1) is 0 Å². The Morgan fingerprint density at radius 2 is 1.90 bits per heavy atom. The lowest BCUT2D eigenvalue weighted by Gasteiger charge is -2.44. The van der Waals surface area contributed by atoms with Gasteiger partial charge in [-0.05, 0) is 61.7 Å². The third-order valence-electron chi connectivity index (χ3n) is 6.07. The van der Waals surface area contributed by atoms with Crippen molar-refractivity contribution in [2.75, 3.05) is 19.4 Å². The predicted octanol–water partition coefficient (Wildman–Crippen LogP) is 4.37. The summed E-state index contributed by atoms with van der Waals surface area (Å²) in [7, 11) is 4.28. The predicted molar refractivity (Wildman–Crippen MR) is 90.5 cm³/mol. The molecule has 2 aliphatic carbocycles. The van der Waals surface area contributed by atoms with Crippen molar-refractivity contribution < 1.29 is 0 Å². The number of benzene rings is 1. The van der Waals surface area contributed by atoms with Gasteiger partial charge in [0.15, 0.2) is 0 Å². The van der Waals surface area contributed by atoms with Crippen molar-refractivity contribution in [3.05, 3.63) is 29.8 Å². The van der Waals surface area contributed by atoms with E-state index in [2.05, 4.69) is 69.3 Å². The molecule has 1 unspecified atom stereocenters. The van der Waals surface area contributed by atoms with E-state index in [0.29, 0.717) is 16.9 Å². The van der Waals surface area contributed by atoms with E-state index in [0.717, 1.165) is 12.5 Å². The number of fused-ring (bicyclic) bond motifs is 2. The van der Waals surface area contributed by atoms with Crippen LogP contribution >= 0.6 is 0 Å². The first-order valence-electron chi connectivity index (χ1n) is 8.32. The molecule has 2 aliphatic rings. The van der Waals surface area contributed by atoms with Crippen molar-refractivity contribution in [1.82, 2.24) is 4.90 Å². The smallest absolute Gasteiger partial charge is 0.0388 e. The summed E-state index contributed by atoms with van der Waals surface area (Å²) < 4.78 is 0. The van der Waals surface area contributed by atoms with Gasteiger partial charge in [0.2, 0.25) is 0 Å². The van der Waals surface area contributed by atoms with Crippen molar-refractivity contribution in [3.63, 3.8) is 0 Å². The molecule has 3 atom stereocenters. The summed E-state index contributed by atoms with van der Waals surface area (Å²) in [6.07, 6.45) is 4.20. The summed E-state index contributed by atoms with van der Waals surface area (Å²) in [4.78, 5) is 2.24. The second kappa shape index (κ2) is 5.01. The van der Waals surface area contributed by atoms with Gasteiger partial charge in [0, 0.05) is 18.3 Å². The topological polar surface area (TPSA) is 15.3 Å². The highest BCUT2D eigenvalue weighted by Gasteiger charge is 2.59. The number of nitrogens with one attached hydrogen (secondary N) is 1. The number of hydrogen-bond acceptors (Lipinski definition) is 2. The first kappa shape index (κ1) is 14.9. The van der Waals surface area contributed by atoms with Crippen molar-refractivity contribution in [1.29, 1.82) is 0 Å². The fourth-order valence-electron chi connectivity index (χ4n) is 4.96. The maximum atomic E-state index is 3.95. The molecule has 0 aromatic heterocycles. The number of rotatable bonds is 4. The standard InChI is InChI=1S/C19H30N2/c1-18(2)15-10-11-19(3,12-15)17(18)20-16-9-7-6-8-14(16)13-21(4)5/h6-9,15,17,20H,10-13H2,1-5H3/t15-,17?,19+/m0/s1. The Labute approximate surface area is 129 Å². The molecule has 1 N–H and O–H groups in total. The molecule has 116 valence electrons. The molecule has 0 heterocycles. The van der Waals surface area contributed by atoms with E-state index >= 15 is 0 Å². The van der Waals surface area contributed by atoms with Crippen molar-refractivity contribution in [2.24, 2.45) is 16.7 Å². The van der Waals surface area contributed by atoms with Crippen LogP contribution in [0.3, 0.4) is 0 Å². The average molecular weight is 286 g/mol. The normalized spacial score (nSPS) is 33.6. The molecule has 0 amide bonds. The zero-order chi connectivity index (χ0) is 15.3. The van der Waals surface area contributed by atoms with Crippen molar-refractivity contribution in [2.45, 2.75) is 52.6 Å². The van der Waals surface area contributed by atoms with E-state index in [1.165, 1.54) is 30.5 Å². The lowest BCUT2D eigenvalue weighted by atomic mass is 9.68. The van der Waals surface area contributed by atoms with Gasteiger partial charge in [-0.1, -0.05) is 39.0 Å². The summed E-state index contributed by atoms with van der Waals surface area (Å²) >= 11 is 0. The SMILES string of the molecule is CN(C)Cc1ccccc1NC1C(C)(C)[C@H]2CC[C@]1(C)C2. The summed E-state index contributed by atoms with van der Waals surface area (Å²) in [6.45, 7) is 8.42. The third-order valence-corrected chi connectivity index (χ3v) is 6.07. The van der Waals surface area contributed by atoms with Crippen LogP contribution in [0.2, 0.25) is 0 Å². The average Bonchev–Trinajstić information content (AvgIpc) is 2.87. The molecule has 0 radical (unpaired) electrons. The minimum absolute atomic E-state index is 0.401. The van der Waals surface area contributed by atoms with Gasteiger partial charge in [-0.25, -0.2) is 0 Å². The Balaban J connectivity index is 1.87. The Morgan fingerprint density at radius 1 is 1.19 bits per heavy atom. The fourth-order valence-corrected chi connectivity index (χ4v) is 4.96. The van der Waals surface area contributed by atoms with Crippen LogP contribution in [-0.4, -0.2) is 25.0 Å². The zero-order valence-corrected chi connectivity index (χ0v) is 14.2. The largest absolute Gasteiger partial charge is 0.381 e. The monoisotopic (exact) mass is 286 g/mol. The molecular formula is C19H30N2. The molecule has 0 aliphatic heterocycles. The lowest BCUT2D eigenvalue weighted by Crippen LogP contribution is -2.46. The molecule has 2 nitrogen and oxygen atoms in total. The second-order valence-electron chi connectivity index (χ2n) is 8.39. The maximum absolute atomic E-state index is 3.95. The molecule has 2 bridgehead atoms. The highest BCUT2D eigenvalue weighted by atomic mass is 15.1. The number of para-hydroxylation sites is 1. The van der Waals surface area contributed by atoms with E-state index < -0.39 is 0 Å². The maximum Gasteiger partial charge on any atom is 0.0388 e. The van der Waals surface area contributed by atoms with Crippen LogP contribution < -0.4 is 5.32 Å². The fraction of sp³-hybridized carbons (Fsp3) is 0.684. The Morgan fingerprint density at radius 3 is 2.52 bits per heavy atom. The first-order valence-corrected chi connectivity index (χ1v) is 8.32.